The number of quaternary nitrogens is 1. The van der Waals surface area contributed by atoms with Crippen LogP contribution in [-0.4, -0.2) is 49.9 Å². The van der Waals surface area contributed by atoms with Gasteiger partial charge in [0.2, 0.25) is 6.79 Å². The van der Waals surface area contributed by atoms with Gasteiger partial charge in [0.1, 0.15) is 12.3 Å². The number of rotatable bonds is 5. The van der Waals surface area contributed by atoms with Crippen LogP contribution in [0.15, 0.2) is 36.4 Å². The molecule has 2 aromatic carbocycles. The number of hydrogen-bond acceptors (Lipinski definition) is 4. The zero-order chi connectivity index (χ0) is 20.4. The number of amides is 1. The van der Waals surface area contributed by atoms with E-state index in [0.29, 0.717) is 28.9 Å². The average molecular weight is 438 g/mol. The quantitative estimate of drug-likeness (QED) is 0.780. The van der Waals surface area contributed by atoms with E-state index >= 15 is 0 Å². The maximum atomic E-state index is 12.8. The van der Waals surface area contributed by atoms with E-state index in [2.05, 4.69) is 6.07 Å². The van der Waals surface area contributed by atoms with Gasteiger partial charge in [0.05, 0.1) is 31.2 Å². The minimum atomic E-state index is -0.607. The lowest BCUT2D eigenvalue weighted by atomic mass is 10.1. The molecular weight excluding hydrogens is 415 g/mol. The lowest BCUT2D eigenvalue weighted by molar-refractivity contribution is -0.917. The molecule has 2 heterocycles. The molecule has 0 radical (unpaired) electrons. The van der Waals surface area contributed by atoms with Crippen molar-refractivity contribution in [1.82, 2.24) is 4.90 Å². The Labute approximate surface area is 179 Å². The standard InChI is InChI=1S/C21H22Cl2N2O4/c1-14(29-18-5-3-16(22)11-17(18)23)21(26)25-8-6-24(7-9-25)12-15-2-4-19-20(10-15)28-13-27-19/h2-5,10-11,14H,6-9,12-13H2,1H3/p+1. The monoisotopic (exact) mass is 437 g/mol. The van der Waals surface area contributed by atoms with Gasteiger partial charge < -0.3 is 24.0 Å². The minimum absolute atomic E-state index is 0.0295. The van der Waals surface area contributed by atoms with E-state index < -0.39 is 6.10 Å². The first kappa shape index (κ1) is 20.1. The highest BCUT2D eigenvalue weighted by Crippen LogP contribution is 2.32. The minimum Gasteiger partial charge on any atom is -0.479 e. The third kappa shape index (κ3) is 4.71. The Balaban J connectivity index is 1.29. The molecule has 0 aromatic heterocycles. The second-order valence-electron chi connectivity index (χ2n) is 7.27. The van der Waals surface area contributed by atoms with Crippen molar-refractivity contribution in [2.75, 3.05) is 33.0 Å². The lowest BCUT2D eigenvalue weighted by Crippen LogP contribution is -3.13. The summed E-state index contributed by atoms with van der Waals surface area (Å²) in [4.78, 5) is 16.1. The molecule has 2 aliphatic heterocycles. The first-order valence-electron chi connectivity index (χ1n) is 9.62. The van der Waals surface area contributed by atoms with Crippen LogP contribution in [0, 0.1) is 0 Å². The fraction of sp³-hybridized carbons (Fsp3) is 0.381. The number of hydrogen-bond donors (Lipinski definition) is 1. The van der Waals surface area contributed by atoms with Crippen LogP contribution in [0.4, 0.5) is 0 Å². The number of nitrogens with one attached hydrogen (secondary N) is 1. The molecule has 0 spiro atoms. The van der Waals surface area contributed by atoms with E-state index in [1.807, 2.05) is 17.0 Å². The van der Waals surface area contributed by atoms with Crippen molar-refractivity contribution in [1.29, 1.82) is 0 Å². The molecule has 1 saturated heterocycles. The molecule has 0 bridgehead atoms. The summed E-state index contributed by atoms with van der Waals surface area (Å²) < 4.78 is 16.6. The normalized spacial score (nSPS) is 17.3. The summed E-state index contributed by atoms with van der Waals surface area (Å²) in [6, 6.07) is 11.0. The Hall–Kier alpha value is -2.15. The van der Waals surface area contributed by atoms with Gasteiger partial charge in [-0.2, -0.15) is 0 Å². The molecule has 2 aliphatic rings. The van der Waals surface area contributed by atoms with Gasteiger partial charge in [0.15, 0.2) is 17.6 Å². The second kappa shape index (κ2) is 8.69. The van der Waals surface area contributed by atoms with E-state index in [1.54, 1.807) is 25.1 Å². The molecule has 1 atom stereocenters. The number of benzene rings is 2. The molecule has 154 valence electrons. The predicted molar refractivity (Wildman–Crippen MR) is 110 cm³/mol. The average Bonchev–Trinajstić information content (AvgIpc) is 3.18. The Morgan fingerprint density at radius 1 is 1.14 bits per heavy atom. The van der Waals surface area contributed by atoms with Crippen molar-refractivity contribution >= 4 is 29.1 Å². The van der Waals surface area contributed by atoms with E-state index in [1.165, 1.54) is 10.5 Å². The molecule has 4 rings (SSSR count). The first-order chi connectivity index (χ1) is 14.0. The first-order valence-corrected chi connectivity index (χ1v) is 10.4. The van der Waals surface area contributed by atoms with Crippen molar-refractivity contribution in [3.63, 3.8) is 0 Å². The summed E-state index contributed by atoms with van der Waals surface area (Å²) in [5, 5.41) is 0.929. The van der Waals surface area contributed by atoms with Gasteiger partial charge in [-0.1, -0.05) is 23.2 Å². The third-order valence-corrected chi connectivity index (χ3v) is 5.75. The SMILES string of the molecule is CC(Oc1ccc(Cl)cc1Cl)C(=O)N1CC[NH+](Cc2ccc3c(c2)OCO3)CC1. The van der Waals surface area contributed by atoms with Crippen LogP contribution in [0.1, 0.15) is 12.5 Å². The van der Waals surface area contributed by atoms with Crippen LogP contribution in [-0.2, 0) is 11.3 Å². The Morgan fingerprint density at radius 2 is 1.90 bits per heavy atom. The van der Waals surface area contributed by atoms with Gasteiger partial charge in [-0.15, -0.1) is 0 Å². The zero-order valence-corrected chi connectivity index (χ0v) is 17.6. The van der Waals surface area contributed by atoms with Gasteiger partial charge in [-0.3, -0.25) is 4.79 Å². The molecule has 0 aliphatic carbocycles. The van der Waals surface area contributed by atoms with Crippen molar-refractivity contribution in [2.45, 2.75) is 19.6 Å². The number of carbonyl (C=O) groups is 1. The maximum Gasteiger partial charge on any atom is 0.263 e. The number of piperazine rings is 1. The van der Waals surface area contributed by atoms with E-state index in [9.17, 15) is 4.79 Å². The van der Waals surface area contributed by atoms with Gasteiger partial charge in [0, 0.05) is 10.6 Å². The second-order valence-corrected chi connectivity index (χ2v) is 8.12. The van der Waals surface area contributed by atoms with Gasteiger partial charge >= 0.3 is 0 Å². The Morgan fingerprint density at radius 3 is 2.66 bits per heavy atom. The maximum absolute atomic E-state index is 12.8. The van der Waals surface area contributed by atoms with Crippen LogP contribution in [0.2, 0.25) is 10.0 Å². The molecule has 2 aromatic rings. The lowest BCUT2D eigenvalue weighted by Gasteiger charge is -2.33. The summed E-state index contributed by atoms with van der Waals surface area (Å²) in [6.07, 6.45) is -0.607. The fourth-order valence-corrected chi connectivity index (χ4v) is 4.08. The van der Waals surface area contributed by atoms with Gasteiger partial charge in [-0.25, -0.2) is 0 Å². The summed E-state index contributed by atoms with van der Waals surface area (Å²) in [7, 11) is 0. The molecule has 1 unspecified atom stereocenters. The van der Waals surface area contributed by atoms with Crippen LogP contribution in [0.3, 0.4) is 0 Å². The van der Waals surface area contributed by atoms with E-state index in [0.717, 1.165) is 31.1 Å². The molecule has 1 fully saturated rings. The zero-order valence-electron chi connectivity index (χ0n) is 16.1. The molecule has 6 nitrogen and oxygen atoms in total. The Kier molecular flexibility index (Phi) is 6.04. The highest BCUT2D eigenvalue weighted by Gasteiger charge is 2.28. The number of fused-ring (bicyclic) bond motifs is 1. The molecule has 1 N–H and O–H groups in total. The molecule has 8 heteroatoms. The highest BCUT2D eigenvalue weighted by atomic mass is 35.5. The van der Waals surface area contributed by atoms with Crippen molar-refractivity contribution in [3.8, 4) is 17.2 Å². The van der Waals surface area contributed by atoms with Crippen LogP contribution in [0.5, 0.6) is 17.2 Å². The number of carbonyl (C=O) groups excluding carboxylic acids is 1. The predicted octanol–water partition coefficient (Wildman–Crippen LogP) is 2.42. The molecule has 29 heavy (non-hydrogen) atoms. The summed E-state index contributed by atoms with van der Waals surface area (Å²) in [5.41, 5.74) is 1.21. The number of halogens is 2. The van der Waals surface area contributed by atoms with Crippen LogP contribution in [0.25, 0.3) is 0 Å². The molecule has 0 saturated carbocycles. The number of ether oxygens (including phenoxy) is 3. The number of nitrogens with zero attached hydrogens (tertiary/aromatic N) is 1. The smallest absolute Gasteiger partial charge is 0.263 e. The van der Waals surface area contributed by atoms with Gasteiger partial charge in [-0.05, 0) is 43.3 Å². The summed E-state index contributed by atoms with van der Waals surface area (Å²) in [5.74, 6) is 2.04. The Bertz CT molecular complexity index is 900. The van der Waals surface area contributed by atoms with Crippen LogP contribution < -0.4 is 19.1 Å². The van der Waals surface area contributed by atoms with Crippen molar-refractivity contribution in [2.24, 2.45) is 0 Å². The summed E-state index contributed by atoms with van der Waals surface area (Å²) >= 11 is 12.0. The summed E-state index contributed by atoms with van der Waals surface area (Å²) in [6.45, 7) is 6.09. The van der Waals surface area contributed by atoms with Crippen LogP contribution >= 0.6 is 23.2 Å². The topological polar surface area (TPSA) is 52.4 Å². The largest absolute Gasteiger partial charge is 0.479 e. The van der Waals surface area contributed by atoms with E-state index in [4.69, 9.17) is 37.4 Å². The molecular formula is C21H23Cl2N2O4+. The van der Waals surface area contributed by atoms with Crippen molar-refractivity contribution in [3.05, 3.63) is 52.0 Å². The molecule has 1 amide bonds. The fourth-order valence-electron chi connectivity index (χ4n) is 3.63. The van der Waals surface area contributed by atoms with Gasteiger partial charge in [0.25, 0.3) is 5.91 Å². The highest BCUT2D eigenvalue weighted by molar-refractivity contribution is 6.35. The third-order valence-electron chi connectivity index (χ3n) is 5.22. The van der Waals surface area contributed by atoms with E-state index in [-0.39, 0.29) is 12.7 Å². The van der Waals surface area contributed by atoms with Crippen molar-refractivity contribution < 1.29 is 23.9 Å².